The highest BCUT2D eigenvalue weighted by Crippen LogP contribution is 2.46. The predicted octanol–water partition coefficient (Wildman–Crippen LogP) is 5.33. The van der Waals surface area contributed by atoms with Crippen LogP contribution >= 0.6 is 23.2 Å². The zero-order valence-corrected chi connectivity index (χ0v) is 16.4. The molecule has 0 unspecified atom stereocenters. The van der Waals surface area contributed by atoms with E-state index in [1.54, 1.807) is 24.3 Å². The number of halogens is 5. The molecule has 4 nitrogen and oxygen atoms in total. The highest BCUT2D eigenvalue weighted by molar-refractivity contribution is 7.89. The van der Waals surface area contributed by atoms with Crippen molar-refractivity contribution >= 4 is 44.1 Å². The maximum absolute atomic E-state index is 14.0. The number of H-pyrrole nitrogens is 1. The summed E-state index contributed by atoms with van der Waals surface area (Å²) in [5.74, 6) is 0. The van der Waals surface area contributed by atoms with Crippen molar-refractivity contribution in [3.05, 3.63) is 63.8 Å². The third-order valence-corrected chi connectivity index (χ3v) is 7.40. The van der Waals surface area contributed by atoms with Crippen LogP contribution in [0.5, 0.6) is 0 Å². The Balaban J connectivity index is 1.88. The van der Waals surface area contributed by atoms with Crippen LogP contribution in [0.1, 0.15) is 17.3 Å². The number of aromatic nitrogens is 1. The number of hydrogen-bond donors (Lipinski definition) is 1. The predicted molar refractivity (Wildman–Crippen MR) is 101 cm³/mol. The third-order valence-electron chi connectivity index (χ3n) is 4.80. The lowest BCUT2D eigenvalue weighted by Crippen LogP contribution is -2.46. The minimum atomic E-state index is -4.81. The molecule has 0 fully saturated rings. The summed E-state index contributed by atoms with van der Waals surface area (Å²) in [7, 11) is -4.46. The maximum atomic E-state index is 14.0. The highest BCUT2D eigenvalue weighted by atomic mass is 35.5. The van der Waals surface area contributed by atoms with Crippen LogP contribution in [0.4, 0.5) is 13.2 Å². The molecule has 148 valence electrons. The van der Waals surface area contributed by atoms with Crippen LogP contribution in [0.2, 0.25) is 10.0 Å². The lowest BCUT2D eigenvalue weighted by molar-refractivity contribution is -0.176. The Morgan fingerprint density at radius 2 is 1.79 bits per heavy atom. The first-order valence-electron chi connectivity index (χ1n) is 8.24. The van der Waals surface area contributed by atoms with Gasteiger partial charge in [0, 0.05) is 23.1 Å². The molecule has 1 aliphatic heterocycles. The van der Waals surface area contributed by atoms with Gasteiger partial charge in [0.25, 0.3) is 0 Å². The van der Waals surface area contributed by atoms with Gasteiger partial charge in [0.05, 0.1) is 14.9 Å². The van der Waals surface area contributed by atoms with Crippen LogP contribution < -0.4 is 0 Å². The Morgan fingerprint density at radius 1 is 1.07 bits per heavy atom. The second kappa shape index (κ2) is 6.66. The molecule has 0 amide bonds. The average Bonchev–Trinajstić information content (AvgIpc) is 3.00. The molecule has 10 heteroatoms. The minimum Gasteiger partial charge on any atom is -0.357 e. The van der Waals surface area contributed by atoms with Gasteiger partial charge in [-0.15, -0.1) is 0 Å². The molecular weight excluding hydrogens is 436 g/mol. The van der Waals surface area contributed by atoms with Crippen molar-refractivity contribution in [2.75, 3.05) is 6.54 Å². The minimum absolute atomic E-state index is 0.0467. The third kappa shape index (κ3) is 3.08. The molecule has 0 aliphatic carbocycles. The SMILES string of the molecule is O=S(=O)(c1ccc(Cl)c(Cl)c1)N1CCc2c([nH]c3ccccc23)[C@H]1C(F)(F)F. The number of nitrogens with one attached hydrogen (secondary N) is 1. The second-order valence-corrected chi connectivity index (χ2v) is 9.15. The number of aromatic amines is 1. The van der Waals surface area contributed by atoms with E-state index in [1.165, 1.54) is 6.07 Å². The first-order valence-corrected chi connectivity index (χ1v) is 10.4. The van der Waals surface area contributed by atoms with Crippen molar-refractivity contribution in [2.45, 2.75) is 23.5 Å². The van der Waals surface area contributed by atoms with Crippen molar-refractivity contribution in [3.63, 3.8) is 0 Å². The standard InChI is InChI=1S/C18H13Cl2F3N2O2S/c19-13-6-5-10(9-14(13)20)28(26,27)25-8-7-12-11-3-1-2-4-15(11)24-16(12)17(25)18(21,22)23/h1-6,9,17,24H,7-8H2/t17-/m0/s1. The number of alkyl halides is 3. The van der Waals surface area contributed by atoms with Gasteiger partial charge in [-0.05, 0) is 36.2 Å². The molecule has 0 spiro atoms. The Hall–Kier alpha value is -1.74. The van der Waals surface area contributed by atoms with Crippen LogP contribution in [-0.2, 0) is 16.4 Å². The summed E-state index contributed by atoms with van der Waals surface area (Å²) in [5, 5.41) is 0.734. The lowest BCUT2D eigenvalue weighted by atomic mass is 9.99. The molecule has 2 aromatic carbocycles. The van der Waals surface area contributed by atoms with Crippen molar-refractivity contribution in [1.29, 1.82) is 0 Å². The smallest absolute Gasteiger partial charge is 0.357 e. The number of rotatable bonds is 2. The van der Waals surface area contributed by atoms with Gasteiger partial charge in [0.2, 0.25) is 10.0 Å². The van der Waals surface area contributed by atoms with Gasteiger partial charge in [0.1, 0.15) is 0 Å². The van der Waals surface area contributed by atoms with Gasteiger partial charge in [-0.3, -0.25) is 0 Å². The van der Waals surface area contributed by atoms with Crippen molar-refractivity contribution in [2.24, 2.45) is 0 Å². The molecule has 1 aromatic heterocycles. The lowest BCUT2D eigenvalue weighted by Gasteiger charge is -2.35. The maximum Gasteiger partial charge on any atom is 0.410 e. The van der Waals surface area contributed by atoms with Gasteiger partial charge in [-0.1, -0.05) is 41.4 Å². The normalized spacial score (nSPS) is 18.4. The van der Waals surface area contributed by atoms with Crippen LogP contribution in [0, 0.1) is 0 Å². The van der Waals surface area contributed by atoms with Crippen LogP contribution in [0.3, 0.4) is 0 Å². The van der Waals surface area contributed by atoms with Gasteiger partial charge in [-0.2, -0.15) is 17.5 Å². The van der Waals surface area contributed by atoms with Crippen molar-refractivity contribution in [3.8, 4) is 0 Å². The molecule has 1 N–H and O–H groups in total. The summed E-state index contributed by atoms with van der Waals surface area (Å²) in [6.07, 6.45) is -4.65. The zero-order chi connectivity index (χ0) is 20.3. The molecule has 3 aromatic rings. The van der Waals surface area contributed by atoms with Gasteiger partial charge >= 0.3 is 6.18 Å². The van der Waals surface area contributed by atoms with Crippen LogP contribution in [0.25, 0.3) is 10.9 Å². The molecule has 0 saturated carbocycles. The Kier molecular flexibility index (Phi) is 4.65. The molecular formula is C18H13Cl2F3N2O2S. The summed E-state index contributed by atoms with van der Waals surface area (Å²) in [6, 6.07) is 7.97. The topological polar surface area (TPSA) is 53.2 Å². The fourth-order valence-electron chi connectivity index (χ4n) is 3.58. The Bertz CT molecular complexity index is 1180. The van der Waals surface area contributed by atoms with Gasteiger partial charge < -0.3 is 4.98 Å². The monoisotopic (exact) mass is 448 g/mol. The van der Waals surface area contributed by atoms with Crippen molar-refractivity contribution in [1.82, 2.24) is 9.29 Å². The zero-order valence-electron chi connectivity index (χ0n) is 14.1. The van der Waals surface area contributed by atoms with E-state index in [4.69, 9.17) is 23.2 Å². The number of benzene rings is 2. The summed E-state index contributed by atoms with van der Waals surface area (Å²) < 4.78 is 68.6. The molecule has 2 heterocycles. The summed E-state index contributed by atoms with van der Waals surface area (Å²) in [6.45, 7) is -0.304. The molecule has 0 radical (unpaired) electrons. The van der Waals surface area contributed by atoms with Crippen LogP contribution in [0.15, 0.2) is 47.4 Å². The van der Waals surface area contributed by atoms with Gasteiger partial charge in [0.15, 0.2) is 6.04 Å². The van der Waals surface area contributed by atoms with E-state index in [0.29, 0.717) is 20.8 Å². The van der Waals surface area contributed by atoms with Crippen LogP contribution in [-0.4, -0.2) is 30.4 Å². The molecule has 0 bridgehead atoms. The number of fused-ring (bicyclic) bond motifs is 3. The largest absolute Gasteiger partial charge is 0.410 e. The fraction of sp³-hybridized carbons (Fsp3) is 0.222. The van der Waals surface area contributed by atoms with E-state index >= 15 is 0 Å². The molecule has 1 atom stereocenters. The molecule has 28 heavy (non-hydrogen) atoms. The van der Waals surface area contributed by atoms with E-state index < -0.39 is 22.2 Å². The van der Waals surface area contributed by atoms with E-state index in [0.717, 1.165) is 12.1 Å². The quantitative estimate of drug-likeness (QED) is 0.576. The number of sulfonamides is 1. The summed E-state index contributed by atoms with van der Waals surface area (Å²) in [4.78, 5) is 2.44. The Morgan fingerprint density at radius 3 is 2.46 bits per heavy atom. The van der Waals surface area contributed by atoms with Crippen molar-refractivity contribution < 1.29 is 21.6 Å². The highest BCUT2D eigenvalue weighted by Gasteiger charge is 2.52. The second-order valence-electron chi connectivity index (χ2n) is 6.45. The fourth-order valence-corrected chi connectivity index (χ4v) is 5.55. The van der Waals surface area contributed by atoms with E-state index in [9.17, 15) is 21.6 Å². The average molecular weight is 449 g/mol. The number of nitrogens with zero attached hydrogens (tertiary/aromatic N) is 1. The van der Waals surface area contributed by atoms with E-state index in [-0.39, 0.29) is 33.6 Å². The molecule has 1 aliphatic rings. The summed E-state index contributed by atoms with van der Waals surface area (Å²) >= 11 is 11.7. The number of hydrogen-bond acceptors (Lipinski definition) is 2. The number of para-hydroxylation sites is 1. The molecule has 4 rings (SSSR count). The van der Waals surface area contributed by atoms with E-state index in [2.05, 4.69) is 4.98 Å². The van der Waals surface area contributed by atoms with Gasteiger partial charge in [-0.25, -0.2) is 8.42 Å². The summed E-state index contributed by atoms with van der Waals surface area (Å²) in [5.41, 5.74) is 0.873. The first-order chi connectivity index (χ1) is 13.1. The van der Waals surface area contributed by atoms with E-state index in [1.807, 2.05) is 0 Å². The Labute approximate surface area is 168 Å². The first kappa shape index (κ1) is 19.6. The molecule has 0 saturated heterocycles.